The monoisotopic (exact) mass is 751 g/mol. The number of nitrogens with zero attached hydrogens (tertiary/aromatic N) is 5. The van der Waals surface area contributed by atoms with Crippen molar-refractivity contribution < 1.29 is 32.2 Å². The van der Waals surface area contributed by atoms with Gasteiger partial charge < -0.3 is 24.0 Å². The predicted molar refractivity (Wildman–Crippen MR) is 204 cm³/mol. The van der Waals surface area contributed by atoms with Gasteiger partial charge in [0.15, 0.2) is 5.65 Å². The molecule has 1 fully saturated rings. The quantitative estimate of drug-likeness (QED) is 0.166. The maximum Gasteiger partial charge on any atom is 0.410 e. The van der Waals surface area contributed by atoms with Gasteiger partial charge in [0, 0.05) is 63.5 Å². The molecule has 0 aliphatic carbocycles. The van der Waals surface area contributed by atoms with Crippen molar-refractivity contribution in [1.29, 1.82) is 0 Å². The highest BCUT2D eigenvalue weighted by Crippen LogP contribution is 2.40. The van der Waals surface area contributed by atoms with Crippen molar-refractivity contribution in [2.75, 3.05) is 26.8 Å². The zero-order valence-electron chi connectivity index (χ0n) is 31.2. The molecule has 3 aromatic heterocycles. The first-order valence-corrected chi connectivity index (χ1v) is 19.6. The Morgan fingerprint density at radius 1 is 0.963 bits per heavy atom. The Morgan fingerprint density at radius 3 is 2.44 bits per heavy atom. The summed E-state index contributed by atoms with van der Waals surface area (Å²) in [6, 6.07) is 17.8. The number of carbonyl (C=O) groups is 2. The Hall–Kier alpha value is -5.27. The Labute approximate surface area is 315 Å². The fraction of sp³-hybridized carbons (Fsp3) is 0.366. The third kappa shape index (κ3) is 7.83. The molecule has 2 aliphatic heterocycles. The number of aryl methyl sites for hydroxylation is 1. The van der Waals surface area contributed by atoms with Crippen LogP contribution in [0.4, 0.5) is 4.79 Å². The summed E-state index contributed by atoms with van der Waals surface area (Å²) < 4.78 is 47.3. The third-order valence-corrected chi connectivity index (χ3v) is 11.5. The summed E-state index contributed by atoms with van der Waals surface area (Å²) in [5.41, 5.74) is 4.31. The van der Waals surface area contributed by atoms with Crippen LogP contribution in [0.5, 0.6) is 11.5 Å². The first-order chi connectivity index (χ1) is 25.8. The van der Waals surface area contributed by atoms with E-state index in [1.165, 1.54) is 10.2 Å². The minimum Gasteiger partial charge on any atom is -0.457 e. The summed E-state index contributed by atoms with van der Waals surface area (Å²) in [6.45, 7) is 9.59. The zero-order chi connectivity index (χ0) is 38.2. The summed E-state index contributed by atoms with van der Waals surface area (Å²) in [5, 5.41) is 0.476. The average molecular weight is 752 g/mol. The predicted octanol–water partition coefficient (Wildman–Crippen LogP) is 6.91. The van der Waals surface area contributed by atoms with E-state index in [1.807, 2.05) is 59.0 Å². The highest BCUT2D eigenvalue weighted by Gasteiger charge is 2.28. The van der Waals surface area contributed by atoms with Crippen LogP contribution in [-0.4, -0.2) is 82.6 Å². The number of carbonyl (C=O) groups excluding carboxylic acids is 2. The number of hydrogen-bond donors (Lipinski definition) is 0. The van der Waals surface area contributed by atoms with Crippen LogP contribution in [-0.2, 0) is 43.7 Å². The van der Waals surface area contributed by atoms with E-state index >= 15 is 0 Å². The lowest BCUT2D eigenvalue weighted by molar-refractivity contribution is -0.132. The van der Waals surface area contributed by atoms with Crippen LogP contribution in [0.1, 0.15) is 56.0 Å². The van der Waals surface area contributed by atoms with Gasteiger partial charge in [-0.2, -0.15) is 0 Å². The number of amides is 2. The summed E-state index contributed by atoms with van der Waals surface area (Å²) in [7, 11) is -2.27. The molecule has 2 aliphatic rings. The molecule has 0 atom stereocenters. The van der Waals surface area contributed by atoms with Crippen molar-refractivity contribution >= 4 is 33.1 Å². The second-order valence-electron chi connectivity index (χ2n) is 14.9. The van der Waals surface area contributed by atoms with E-state index in [0.717, 1.165) is 29.5 Å². The molecule has 54 heavy (non-hydrogen) atoms. The molecule has 2 amide bonds. The summed E-state index contributed by atoms with van der Waals surface area (Å²) >= 11 is 0. The Balaban J connectivity index is 1.27. The Morgan fingerprint density at radius 2 is 1.70 bits per heavy atom. The number of hydrogen-bond acceptors (Lipinski definition) is 9. The van der Waals surface area contributed by atoms with Crippen molar-refractivity contribution in [3.05, 3.63) is 102 Å². The van der Waals surface area contributed by atoms with Gasteiger partial charge in [0.2, 0.25) is 5.91 Å². The van der Waals surface area contributed by atoms with Crippen molar-refractivity contribution in [1.82, 2.24) is 23.7 Å². The van der Waals surface area contributed by atoms with Gasteiger partial charge in [0.1, 0.15) is 17.1 Å². The maximum atomic E-state index is 14.2. The molecule has 13 heteroatoms. The highest BCUT2D eigenvalue weighted by atomic mass is 32.2. The van der Waals surface area contributed by atoms with Crippen molar-refractivity contribution in [2.24, 2.45) is 0 Å². The lowest BCUT2D eigenvalue weighted by atomic mass is 10.00. The molecule has 0 spiro atoms. The summed E-state index contributed by atoms with van der Waals surface area (Å²) in [4.78, 5) is 38.9. The normalized spacial score (nSPS) is 15.2. The van der Waals surface area contributed by atoms with Crippen LogP contribution < -0.4 is 4.74 Å². The Kier molecular flexibility index (Phi) is 10.2. The van der Waals surface area contributed by atoms with E-state index in [4.69, 9.17) is 14.2 Å². The molecule has 0 unspecified atom stereocenters. The number of rotatable bonds is 8. The van der Waals surface area contributed by atoms with Crippen LogP contribution in [0, 0.1) is 6.92 Å². The molecule has 0 bridgehead atoms. The van der Waals surface area contributed by atoms with Crippen LogP contribution in [0.25, 0.3) is 22.2 Å². The Bertz CT molecular complexity index is 2310. The molecular weight excluding hydrogens is 707 g/mol. The molecule has 7 rings (SSSR count). The number of ether oxygens (including phenoxy) is 3. The van der Waals surface area contributed by atoms with Crippen LogP contribution in [0.2, 0.25) is 0 Å². The van der Waals surface area contributed by atoms with Gasteiger partial charge in [-0.3, -0.25) is 9.78 Å². The highest BCUT2D eigenvalue weighted by molar-refractivity contribution is 7.90. The van der Waals surface area contributed by atoms with Crippen molar-refractivity contribution in [3.8, 4) is 22.6 Å². The number of likely N-dealkylation sites (N-methyl/N-ethyl adjacent to an activating group) is 1. The summed E-state index contributed by atoms with van der Waals surface area (Å²) in [6.07, 6.45) is 6.66. The number of fused-ring (bicyclic) bond motifs is 2. The van der Waals surface area contributed by atoms with E-state index in [9.17, 15) is 18.0 Å². The molecule has 5 heterocycles. The topological polar surface area (TPSA) is 133 Å². The number of aromatic nitrogens is 3. The SMILES string of the molecule is Cc1ccc(S(=O)(=O)n2cc(-c3ccnc(CC(=O)N(C)C4CCOCC4)c3)c3c(Oc4ccc5c(c4)CN(C(=O)OC(C)(C)C)CC5)ccnc32)cc1. The maximum absolute atomic E-state index is 14.2. The molecule has 282 valence electrons. The third-order valence-electron chi connectivity index (χ3n) is 9.86. The second-order valence-corrected chi connectivity index (χ2v) is 16.7. The largest absolute Gasteiger partial charge is 0.457 e. The van der Waals surface area contributed by atoms with E-state index in [2.05, 4.69) is 9.97 Å². The average Bonchev–Trinajstić information content (AvgIpc) is 3.56. The molecule has 0 saturated carbocycles. The lowest BCUT2D eigenvalue weighted by Gasteiger charge is -2.31. The molecule has 0 radical (unpaired) electrons. The van der Waals surface area contributed by atoms with E-state index < -0.39 is 15.6 Å². The first-order valence-electron chi connectivity index (χ1n) is 18.2. The number of benzene rings is 2. The minimum absolute atomic E-state index is 0.0562. The lowest BCUT2D eigenvalue weighted by Crippen LogP contribution is -2.41. The molecule has 1 saturated heterocycles. The van der Waals surface area contributed by atoms with Crippen molar-refractivity contribution in [3.63, 3.8) is 0 Å². The van der Waals surface area contributed by atoms with Gasteiger partial charge in [-0.1, -0.05) is 23.8 Å². The zero-order valence-corrected chi connectivity index (χ0v) is 32.1. The van der Waals surface area contributed by atoms with E-state index in [-0.39, 0.29) is 35.0 Å². The van der Waals surface area contributed by atoms with Gasteiger partial charge in [-0.05, 0) is 106 Å². The van der Waals surface area contributed by atoms with Gasteiger partial charge >= 0.3 is 6.09 Å². The van der Waals surface area contributed by atoms with E-state index in [0.29, 0.717) is 66.4 Å². The molecule has 5 aromatic rings. The second kappa shape index (κ2) is 14.9. The fourth-order valence-electron chi connectivity index (χ4n) is 6.91. The molecule has 0 N–H and O–H groups in total. The standard InChI is InChI=1S/C41H45N5O7S/c1-27-6-10-34(11-7-27)54(49,50)46-26-35(29-12-17-42-31(22-29)24-37(47)44(5)32-15-20-51-21-16-32)38-36(13-18-43-39(38)46)52-33-9-8-28-14-19-45(25-30(28)23-33)40(48)53-41(2,3)4/h6-13,17-18,22-23,26,32H,14-16,19-21,24-25H2,1-5H3. The van der Waals surface area contributed by atoms with Gasteiger partial charge in [-0.15, -0.1) is 0 Å². The minimum atomic E-state index is -4.09. The summed E-state index contributed by atoms with van der Waals surface area (Å²) in [5.74, 6) is 0.852. The molecule has 2 aromatic carbocycles. The molecular formula is C41H45N5O7S. The molecule has 12 nitrogen and oxygen atoms in total. The van der Waals surface area contributed by atoms with Gasteiger partial charge in [0.25, 0.3) is 10.0 Å². The van der Waals surface area contributed by atoms with E-state index in [1.54, 1.807) is 58.6 Å². The van der Waals surface area contributed by atoms with Crippen LogP contribution in [0.3, 0.4) is 0 Å². The van der Waals surface area contributed by atoms with Crippen molar-refractivity contribution in [2.45, 2.75) is 76.5 Å². The fourth-order valence-corrected chi connectivity index (χ4v) is 8.23. The van der Waals surface area contributed by atoms with Gasteiger partial charge in [0.05, 0.1) is 22.4 Å². The van der Waals surface area contributed by atoms with Crippen LogP contribution >= 0.6 is 0 Å². The first kappa shape index (κ1) is 37.1. The van der Waals surface area contributed by atoms with Crippen LogP contribution in [0.15, 0.2) is 84.1 Å². The van der Waals surface area contributed by atoms with Gasteiger partial charge in [-0.25, -0.2) is 22.2 Å². The smallest absolute Gasteiger partial charge is 0.410 e. The number of pyridine rings is 2.